The fourth-order valence-corrected chi connectivity index (χ4v) is 0.746. The zero-order valence-corrected chi connectivity index (χ0v) is 10.5. The molecule has 0 heterocycles. The lowest BCUT2D eigenvalue weighted by molar-refractivity contribution is 0.0528. The van der Waals surface area contributed by atoms with Crippen LogP contribution in [0.1, 0.15) is 20.8 Å². The molecule has 0 spiro atoms. The number of rotatable bonds is 5. The second-order valence-electron chi connectivity index (χ2n) is 3.84. The minimum absolute atomic E-state index is 0.479. The molecule has 0 aliphatic carbocycles. The van der Waals surface area contributed by atoms with Crippen LogP contribution in [0.5, 0.6) is 0 Å². The predicted molar refractivity (Wildman–Crippen MR) is 61.1 cm³/mol. The van der Waals surface area contributed by atoms with Crippen molar-refractivity contribution in [3.8, 4) is 0 Å². The Morgan fingerprint density at radius 2 is 1.64 bits per heavy atom. The van der Waals surface area contributed by atoms with E-state index in [1.54, 1.807) is 0 Å². The van der Waals surface area contributed by atoms with Crippen LogP contribution in [-0.4, -0.2) is 56.8 Å². The average Bonchev–Trinajstić information content (AvgIpc) is 2.01. The van der Waals surface area contributed by atoms with Gasteiger partial charge in [-0.25, -0.2) is 0 Å². The van der Waals surface area contributed by atoms with Crippen LogP contribution in [0.2, 0.25) is 0 Å². The van der Waals surface area contributed by atoms with Gasteiger partial charge in [0.15, 0.2) is 0 Å². The van der Waals surface area contributed by atoms with Crippen LogP contribution < -0.4 is 5.32 Å². The van der Waals surface area contributed by atoms with E-state index in [0.29, 0.717) is 17.7 Å². The number of nitrogens with zero attached hydrogens (tertiary/aromatic N) is 2. The molecule has 0 aliphatic rings. The zero-order chi connectivity index (χ0) is 11.6. The highest BCUT2D eigenvalue weighted by atomic mass is 19.2. The second-order valence-corrected chi connectivity index (χ2v) is 3.84. The summed E-state index contributed by atoms with van der Waals surface area (Å²) in [6.45, 7) is 8.73. The summed E-state index contributed by atoms with van der Waals surface area (Å²) in [6.07, 6.45) is 0. The van der Waals surface area contributed by atoms with E-state index < -0.39 is 0 Å². The standard InChI is InChI=1S/C5H13FN2.C5H13N/c1-7(2)4-5-8(3)6;1-4-6-5(2)3/h4-5H2,1-3H3;5-6H,4H2,1-3H3. The van der Waals surface area contributed by atoms with Gasteiger partial charge in [-0.2, -0.15) is 0 Å². The van der Waals surface area contributed by atoms with Gasteiger partial charge in [0.25, 0.3) is 0 Å². The summed E-state index contributed by atoms with van der Waals surface area (Å²) in [7, 11) is 5.26. The summed E-state index contributed by atoms with van der Waals surface area (Å²) in [5.41, 5.74) is 0. The third-order valence-electron chi connectivity index (χ3n) is 1.47. The van der Waals surface area contributed by atoms with Crippen molar-refractivity contribution in [3.63, 3.8) is 0 Å². The maximum absolute atomic E-state index is 11.9. The van der Waals surface area contributed by atoms with Gasteiger partial charge in [-0.3, -0.25) is 0 Å². The number of likely N-dealkylation sites (N-methyl/N-ethyl adjacent to an activating group) is 2. The number of hydrogen-bond donors (Lipinski definition) is 1. The van der Waals surface area contributed by atoms with Crippen LogP contribution in [0.25, 0.3) is 0 Å². The van der Waals surface area contributed by atoms with E-state index in [0.717, 1.165) is 13.1 Å². The van der Waals surface area contributed by atoms with Crippen LogP contribution >= 0.6 is 0 Å². The molecular weight excluding hydrogens is 181 g/mol. The van der Waals surface area contributed by atoms with Gasteiger partial charge in [0.05, 0.1) is 0 Å². The topological polar surface area (TPSA) is 18.5 Å². The van der Waals surface area contributed by atoms with Crippen LogP contribution in [0.15, 0.2) is 0 Å². The largest absolute Gasteiger partial charge is 0.315 e. The molecule has 14 heavy (non-hydrogen) atoms. The molecule has 0 unspecified atom stereocenters. The van der Waals surface area contributed by atoms with Gasteiger partial charge >= 0.3 is 0 Å². The van der Waals surface area contributed by atoms with E-state index in [1.165, 1.54) is 7.05 Å². The van der Waals surface area contributed by atoms with Crippen molar-refractivity contribution < 1.29 is 4.48 Å². The molecule has 0 rings (SSSR count). The molecule has 0 aliphatic heterocycles. The first-order chi connectivity index (χ1) is 6.40. The lowest BCUT2D eigenvalue weighted by Crippen LogP contribution is -2.23. The van der Waals surface area contributed by atoms with E-state index in [2.05, 4.69) is 26.1 Å². The van der Waals surface area contributed by atoms with E-state index in [4.69, 9.17) is 0 Å². The maximum atomic E-state index is 11.9. The average molecular weight is 207 g/mol. The SMILES string of the molecule is CCNC(C)C.CN(C)CCN(C)F. The van der Waals surface area contributed by atoms with Gasteiger partial charge in [0.1, 0.15) is 0 Å². The molecule has 3 nitrogen and oxygen atoms in total. The minimum Gasteiger partial charge on any atom is -0.315 e. The van der Waals surface area contributed by atoms with Crippen molar-refractivity contribution in [2.45, 2.75) is 26.8 Å². The van der Waals surface area contributed by atoms with E-state index in [9.17, 15) is 4.48 Å². The summed E-state index contributed by atoms with van der Waals surface area (Å²) < 4.78 is 11.9. The highest BCUT2D eigenvalue weighted by Crippen LogP contribution is 1.81. The molecule has 4 heteroatoms. The fourth-order valence-electron chi connectivity index (χ4n) is 0.746. The number of halogens is 1. The Bertz CT molecular complexity index is 97.5. The monoisotopic (exact) mass is 207 g/mol. The molecule has 1 N–H and O–H groups in total. The minimum atomic E-state index is 0.479. The highest BCUT2D eigenvalue weighted by Gasteiger charge is 1.93. The molecule has 0 saturated heterocycles. The van der Waals surface area contributed by atoms with Crippen LogP contribution in [0, 0.1) is 0 Å². The third kappa shape index (κ3) is 22.6. The highest BCUT2D eigenvalue weighted by molar-refractivity contribution is 4.46. The molecule has 0 aromatic heterocycles. The Labute approximate surface area is 88.2 Å². The first-order valence-electron chi connectivity index (χ1n) is 5.15. The fraction of sp³-hybridized carbons (Fsp3) is 1.00. The van der Waals surface area contributed by atoms with Crippen molar-refractivity contribution >= 4 is 0 Å². The quantitative estimate of drug-likeness (QED) is 0.687. The Kier molecular flexibility index (Phi) is 12.6. The third-order valence-corrected chi connectivity index (χ3v) is 1.47. The zero-order valence-electron chi connectivity index (χ0n) is 10.5. The lowest BCUT2D eigenvalue weighted by Gasteiger charge is -2.10. The molecule has 0 bridgehead atoms. The Morgan fingerprint density at radius 3 is 1.71 bits per heavy atom. The summed E-state index contributed by atoms with van der Waals surface area (Å²) >= 11 is 0. The van der Waals surface area contributed by atoms with Gasteiger partial charge in [-0.1, -0.05) is 20.8 Å². The Morgan fingerprint density at radius 1 is 1.14 bits per heavy atom. The molecule has 0 fully saturated rings. The van der Waals surface area contributed by atoms with Gasteiger partial charge in [-0.05, 0) is 20.6 Å². The smallest absolute Gasteiger partial charge is 0.0414 e. The Balaban J connectivity index is 0. The van der Waals surface area contributed by atoms with Gasteiger partial charge in [-0.15, -0.1) is 9.60 Å². The summed E-state index contributed by atoms with van der Waals surface area (Å²) in [5.74, 6) is 0. The van der Waals surface area contributed by atoms with Crippen LogP contribution in [-0.2, 0) is 0 Å². The van der Waals surface area contributed by atoms with Crippen molar-refractivity contribution in [2.24, 2.45) is 0 Å². The molecule has 0 aromatic rings. The molecule has 88 valence electrons. The Hall–Kier alpha value is -0.190. The maximum Gasteiger partial charge on any atom is 0.0414 e. The second kappa shape index (κ2) is 10.9. The number of hydrogen-bond acceptors (Lipinski definition) is 3. The van der Waals surface area contributed by atoms with Crippen molar-refractivity contribution in [3.05, 3.63) is 0 Å². The molecule has 0 aromatic carbocycles. The molecule has 0 amide bonds. The van der Waals surface area contributed by atoms with Crippen LogP contribution in [0.3, 0.4) is 0 Å². The van der Waals surface area contributed by atoms with Crippen LogP contribution in [0.4, 0.5) is 4.48 Å². The molecule has 0 radical (unpaired) electrons. The summed E-state index contributed by atoms with van der Waals surface area (Å²) in [6, 6.07) is 0.648. The molecular formula is C10H26FN3. The summed E-state index contributed by atoms with van der Waals surface area (Å²) in [4.78, 5) is 1.94. The predicted octanol–water partition coefficient (Wildman–Crippen LogP) is 1.37. The number of nitrogens with one attached hydrogen (secondary N) is 1. The van der Waals surface area contributed by atoms with E-state index in [1.807, 2.05) is 19.0 Å². The lowest BCUT2D eigenvalue weighted by atomic mass is 10.4. The van der Waals surface area contributed by atoms with Gasteiger partial charge in [0.2, 0.25) is 0 Å². The van der Waals surface area contributed by atoms with E-state index in [-0.39, 0.29) is 0 Å². The first-order valence-corrected chi connectivity index (χ1v) is 5.15. The summed E-state index contributed by atoms with van der Waals surface area (Å²) in [5, 5.41) is 3.89. The molecule has 0 atom stereocenters. The van der Waals surface area contributed by atoms with Crippen molar-refractivity contribution in [1.82, 2.24) is 15.3 Å². The van der Waals surface area contributed by atoms with Crippen molar-refractivity contribution in [2.75, 3.05) is 40.8 Å². The van der Waals surface area contributed by atoms with Gasteiger partial charge < -0.3 is 10.2 Å². The van der Waals surface area contributed by atoms with Gasteiger partial charge in [0, 0.05) is 26.2 Å². The van der Waals surface area contributed by atoms with Crippen molar-refractivity contribution in [1.29, 1.82) is 0 Å². The molecule has 0 saturated carbocycles. The first kappa shape index (κ1) is 16.2. The normalized spacial score (nSPS) is 10.7. The van der Waals surface area contributed by atoms with E-state index >= 15 is 0 Å².